The minimum atomic E-state index is -0.263. The van der Waals surface area contributed by atoms with Gasteiger partial charge >= 0.3 is 0 Å². The second-order valence-corrected chi connectivity index (χ2v) is 6.66. The summed E-state index contributed by atoms with van der Waals surface area (Å²) in [4.78, 5) is 12.8. The van der Waals surface area contributed by atoms with Gasteiger partial charge in [-0.05, 0) is 52.2 Å². The molecule has 5 heteroatoms. The minimum Gasteiger partial charge on any atom is -0.351 e. The lowest BCUT2D eigenvalue weighted by Gasteiger charge is -2.04. The zero-order valence-corrected chi connectivity index (χ0v) is 12.6. The van der Waals surface area contributed by atoms with E-state index in [1.165, 1.54) is 12.1 Å². The zero-order chi connectivity index (χ0) is 13.7. The van der Waals surface area contributed by atoms with Gasteiger partial charge in [0.15, 0.2) is 0 Å². The Hall–Kier alpha value is -1.20. The fourth-order valence-electron chi connectivity index (χ4n) is 1.67. The highest BCUT2D eigenvalue weighted by Gasteiger charge is 2.04. The number of thiophene rings is 1. The summed E-state index contributed by atoms with van der Waals surface area (Å²) in [5.74, 6) is -0.282. The van der Waals surface area contributed by atoms with Gasteiger partial charge in [-0.25, -0.2) is 4.39 Å². The van der Waals surface area contributed by atoms with Gasteiger partial charge < -0.3 is 5.32 Å². The van der Waals surface area contributed by atoms with E-state index in [0.29, 0.717) is 19.4 Å². The van der Waals surface area contributed by atoms with E-state index >= 15 is 0 Å². The van der Waals surface area contributed by atoms with Crippen LogP contribution in [0.4, 0.5) is 4.39 Å². The van der Waals surface area contributed by atoms with Crippen LogP contribution in [0.3, 0.4) is 0 Å². The number of hydrogen-bond acceptors (Lipinski definition) is 2. The van der Waals surface area contributed by atoms with E-state index in [2.05, 4.69) is 21.2 Å². The largest absolute Gasteiger partial charge is 0.351 e. The quantitative estimate of drug-likeness (QED) is 0.877. The number of amides is 1. The molecular formula is C14H13BrFNOS. The van der Waals surface area contributed by atoms with Crippen molar-refractivity contribution in [1.29, 1.82) is 0 Å². The van der Waals surface area contributed by atoms with E-state index in [9.17, 15) is 9.18 Å². The fourth-order valence-corrected chi connectivity index (χ4v) is 3.09. The molecule has 19 heavy (non-hydrogen) atoms. The normalized spacial score (nSPS) is 10.4. The van der Waals surface area contributed by atoms with Crippen molar-refractivity contribution in [2.45, 2.75) is 19.4 Å². The van der Waals surface area contributed by atoms with Gasteiger partial charge in [-0.2, -0.15) is 0 Å². The Kier molecular flexibility index (Phi) is 5.10. The summed E-state index contributed by atoms with van der Waals surface area (Å²) in [6.07, 6.45) is 0.924. The molecule has 0 saturated heterocycles. The maximum Gasteiger partial charge on any atom is 0.220 e. The minimum absolute atomic E-state index is 0.0196. The van der Waals surface area contributed by atoms with E-state index in [-0.39, 0.29) is 11.7 Å². The summed E-state index contributed by atoms with van der Waals surface area (Å²) in [5.41, 5.74) is 0.842. The Labute approximate surface area is 123 Å². The molecule has 0 saturated carbocycles. The van der Waals surface area contributed by atoms with Crippen LogP contribution in [0.15, 0.2) is 40.2 Å². The van der Waals surface area contributed by atoms with Gasteiger partial charge in [0, 0.05) is 11.3 Å². The molecule has 0 bridgehead atoms. The van der Waals surface area contributed by atoms with Gasteiger partial charge in [-0.1, -0.05) is 12.1 Å². The summed E-state index contributed by atoms with van der Waals surface area (Å²) >= 11 is 4.98. The molecule has 2 aromatic rings. The van der Waals surface area contributed by atoms with Gasteiger partial charge in [0.1, 0.15) is 5.82 Å². The van der Waals surface area contributed by atoms with Crippen molar-refractivity contribution in [2.75, 3.05) is 0 Å². The van der Waals surface area contributed by atoms with Crippen LogP contribution < -0.4 is 5.32 Å². The van der Waals surface area contributed by atoms with E-state index in [1.807, 2.05) is 18.2 Å². The highest BCUT2D eigenvalue weighted by molar-refractivity contribution is 9.11. The summed E-state index contributed by atoms with van der Waals surface area (Å²) in [5, 5.41) is 2.85. The SMILES string of the molecule is O=C(CCc1cccc(F)c1)NCc1ccc(Br)s1. The van der Waals surface area contributed by atoms with Crippen molar-refractivity contribution in [2.24, 2.45) is 0 Å². The lowest BCUT2D eigenvalue weighted by molar-refractivity contribution is -0.121. The maximum absolute atomic E-state index is 13.0. The summed E-state index contributed by atoms with van der Waals surface area (Å²) in [6.45, 7) is 0.540. The molecule has 2 rings (SSSR count). The third kappa shape index (κ3) is 4.76. The number of benzene rings is 1. The molecule has 0 spiro atoms. The lowest BCUT2D eigenvalue weighted by Crippen LogP contribution is -2.22. The number of aryl methyl sites for hydroxylation is 1. The predicted molar refractivity (Wildman–Crippen MR) is 78.6 cm³/mol. The maximum atomic E-state index is 13.0. The van der Waals surface area contributed by atoms with Crippen LogP contribution in [0.1, 0.15) is 16.9 Å². The molecule has 0 fully saturated rings. The van der Waals surface area contributed by atoms with Gasteiger partial charge in [0.2, 0.25) is 5.91 Å². The molecule has 0 unspecified atom stereocenters. The first-order valence-electron chi connectivity index (χ1n) is 5.89. The fraction of sp³-hybridized carbons (Fsp3) is 0.214. The standard InChI is InChI=1S/C14H13BrFNOS/c15-13-6-5-12(19-13)9-17-14(18)7-4-10-2-1-3-11(16)8-10/h1-3,5-6,8H,4,7,9H2,(H,17,18). The van der Waals surface area contributed by atoms with E-state index in [0.717, 1.165) is 14.2 Å². The molecule has 1 N–H and O–H groups in total. The van der Waals surface area contributed by atoms with Crippen molar-refractivity contribution in [3.63, 3.8) is 0 Å². The van der Waals surface area contributed by atoms with Crippen LogP contribution in [-0.4, -0.2) is 5.91 Å². The second-order valence-electron chi connectivity index (χ2n) is 4.11. The Morgan fingerprint density at radius 2 is 2.16 bits per heavy atom. The Balaban J connectivity index is 1.75. The summed E-state index contributed by atoms with van der Waals surface area (Å²) in [6, 6.07) is 10.3. The molecule has 0 aliphatic carbocycles. The average Bonchev–Trinajstić information content (AvgIpc) is 2.80. The third-order valence-electron chi connectivity index (χ3n) is 2.62. The first-order chi connectivity index (χ1) is 9.13. The molecule has 1 amide bonds. The molecular weight excluding hydrogens is 329 g/mol. The van der Waals surface area contributed by atoms with Gasteiger partial charge in [-0.3, -0.25) is 4.79 Å². The predicted octanol–water partition coefficient (Wildman–Crippen LogP) is 3.90. The van der Waals surface area contributed by atoms with Crippen molar-refractivity contribution in [3.05, 3.63) is 56.4 Å². The molecule has 1 aromatic heterocycles. The topological polar surface area (TPSA) is 29.1 Å². The highest BCUT2D eigenvalue weighted by atomic mass is 79.9. The van der Waals surface area contributed by atoms with E-state index in [1.54, 1.807) is 17.4 Å². The molecule has 0 atom stereocenters. The van der Waals surface area contributed by atoms with Crippen LogP contribution in [0.2, 0.25) is 0 Å². The molecule has 100 valence electrons. The van der Waals surface area contributed by atoms with Crippen molar-refractivity contribution < 1.29 is 9.18 Å². The second kappa shape index (κ2) is 6.82. The monoisotopic (exact) mass is 341 g/mol. The molecule has 1 heterocycles. The number of carbonyl (C=O) groups excluding carboxylic acids is 1. The number of halogens is 2. The number of rotatable bonds is 5. The van der Waals surface area contributed by atoms with Crippen LogP contribution in [-0.2, 0) is 17.8 Å². The molecule has 2 nitrogen and oxygen atoms in total. The molecule has 0 aliphatic heterocycles. The smallest absolute Gasteiger partial charge is 0.220 e. The summed E-state index contributed by atoms with van der Waals surface area (Å²) in [7, 11) is 0. The van der Waals surface area contributed by atoms with Crippen LogP contribution in [0, 0.1) is 5.82 Å². The van der Waals surface area contributed by atoms with E-state index < -0.39 is 0 Å². The molecule has 0 aliphatic rings. The lowest BCUT2D eigenvalue weighted by atomic mass is 10.1. The van der Waals surface area contributed by atoms with Crippen molar-refractivity contribution in [3.8, 4) is 0 Å². The number of carbonyl (C=O) groups is 1. The molecule has 1 aromatic carbocycles. The van der Waals surface area contributed by atoms with Crippen LogP contribution in [0.5, 0.6) is 0 Å². The summed E-state index contributed by atoms with van der Waals surface area (Å²) < 4.78 is 14.0. The van der Waals surface area contributed by atoms with Crippen molar-refractivity contribution in [1.82, 2.24) is 5.32 Å². The van der Waals surface area contributed by atoms with Crippen LogP contribution in [0.25, 0.3) is 0 Å². The highest BCUT2D eigenvalue weighted by Crippen LogP contribution is 2.21. The van der Waals surface area contributed by atoms with Crippen LogP contribution >= 0.6 is 27.3 Å². The van der Waals surface area contributed by atoms with Gasteiger partial charge in [0.25, 0.3) is 0 Å². The van der Waals surface area contributed by atoms with E-state index in [4.69, 9.17) is 0 Å². The number of nitrogens with one attached hydrogen (secondary N) is 1. The Bertz CT molecular complexity index is 570. The molecule has 0 radical (unpaired) electrons. The van der Waals surface area contributed by atoms with Gasteiger partial charge in [-0.15, -0.1) is 11.3 Å². The van der Waals surface area contributed by atoms with Crippen molar-refractivity contribution >= 4 is 33.2 Å². The Morgan fingerprint density at radius 1 is 1.32 bits per heavy atom. The number of hydrogen-bond donors (Lipinski definition) is 1. The van der Waals surface area contributed by atoms with Gasteiger partial charge in [0.05, 0.1) is 10.3 Å². The first kappa shape index (κ1) is 14.2. The third-order valence-corrected chi connectivity index (χ3v) is 4.24. The first-order valence-corrected chi connectivity index (χ1v) is 7.50. The Morgan fingerprint density at radius 3 is 2.84 bits per heavy atom. The average molecular weight is 342 g/mol. The zero-order valence-electron chi connectivity index (χ0n) is 10.2.